The van der Waals surface area contributed by atoms with Crippen molar-refractivity contribution in [2.75, 3.05) is 34.4 Å². The topological polar surface area (TPSA) is 51.8 Å². The molecular weight excluding hydrogens is 304 g/mol. The lowest BCUT2D eigenvalue weighted by atomic mass is 10.1. The van der Waals surface area contributed by atoms with Crippen LogP contribution in [0, 0.1) is 0 Å². The zero-order valence-corrected chi connectivity index (χ0v) is 14.6. The second-order valence-electron chi connectivity index (χ2n) is 5.37. The summed E-state index contributed by atoms with van der Waals surface area (Å²) in [6, 6.07) is 14.3. The Morgan fingerprint density at radius 3 is 1.75 bits per heavy atom. The highest BCUT2D eigenvalue weighted by Gasteiger charge is 2.12. The number of hydrogen-bond acceptors (Lipinski definition) is 5. The first kappa shape index (κ1) is 18.1. The first-order valence-corrected chi connectivity index (χ1v) is 8.02. The molecule has 0 unspecified atom stereocenters. The molecule has 24 heavy (non-hydrogen) atoms. The third-order valence-corrected chi connectivity index (χ3v) is 3.70. The van der Waals surface area contributed by atoms with Crippen LogP contribution in [-0.4, -0.2) is 34.4 Å². The van der Waals surface area contributed by atoms with E-state index in [1.807, 2.05) is 18.2 Å². The lowest BCUT2D eigenvalue weighted by Gasteiger charge is -2.14. The first-order valence-electron chi connectivity index (χ1n) is 8.02. The summed E-state index contributed by atoms with van der Waals surface area (Å²) in [5, 5.41) is 6.83. The number of ether oxygens (including phenoxy) is 3. The maximum absolute atomic E-state index is 5.37. The molecule has 0 saturated heterocycles. The fourth-order valence-electron chi connectivity index (χ4n) is 2.48. The van der Waals surface area contributed by atoms with Crippen LogP contribution < -0.4 is 24.8 Å². The van der Waals surface area contributed by atoms with E-state index in [4.69, 9.17) is 14.2 Å². The number of rotatable bonds is 10. The van der Waals surface area contributed by atoms with Crippen molar-refractivity contribution in [1.29, 1.82) is 0 Å². The number of nitrogens with one attached hydrogen (secondary N) is 2. The van der Waals surface area contributed by atoms with Gasteiger partial charge in [0.25, 0.3) is 0 Å². The molecule has 0 saturated carbocycles. The monoisotopic (exact) mass is 330 g/mol. The number of benzene rings is 2. The molecule has 0 radical (unpaired) electrons. The third-order valence-electron chi connectivity index (χ3n) is 3.70. The highest BCUT2D eigenvalue weighted by molar-refractivity contribution is 5.53. The number of methoxy groups -OCH3 is 3. The minimum atomic E-state index is 0.619. The van der Waals surface area contributed by atoms with Gasteiger partial charge in [-0.3, -0.25) is 0 Å². The molecule has 0 aliphatic rings. The molecule has 5 heteroatoms. The minimum Gasteiger partial charge on any atom is -0.493 e. The quantitative estimate of drug-likeness (QED) is 0.656. The van der Waals surface area contributed by atoms with Crippen LogP contribution >= 0.6 is 0 Å². The van der Waals surface area contributed by atoms with Crippen LogP contribution in [0.3, 0.4) is 0 Å². The first-order chi connectivity index (χ1) is 11.8. The molecule has 0 atom stereocenters. The SMILES string of the molecule is COc1cc(CNCCNCc2ccccc2)cc(OC)c1OC. The number of hydrogen-bond donors (Lipinski definition) is 2. The average molecular weight is 330 g/mol. The van der Waals surface area contributed by atoms with E-state index in [0.29, 0.717) is 17.2 Å². The van der Waals surface area contributed by atoms with Crippen molar-refractivity contribution in [3.05, 3.63) is 53.6 Å². The van der Waals surface area contributed by atoms with E-state index in [1.165, 1.54) is 5.56 Å². The molecule has 130 valence electrons. The van der Waals surface area contributed by atoms with Gasteiger partial charge in [-0.05, 0) is 23.3 Å². The van der Waals surface area contributed by atoms with Gasteiger partial charge in [0, 0.05) is 26.2 Å². The fourth-order valence-corrected chi connectivity index (χ4v) is 2.48. The van der Waals surface area contributed by atoms with Crippen LogP contribution in [0.5, 0.6) is 17.2 Å². The standard InChI is InChI=1S/C19H26N2O3/c1-22-17-11-16(12-18(23-2)19(17)24-3)14-21-10-9-20-13-15-7-5-4-6-8-15/h4-8,11-12,20-21H,9-10,13-14H2,1-3H3. The van der Waals surface area contributed by atoms with Crippen molar-refractivity contribution in [2.45, 2.75) is 13.1 Å². The summed E-state index contributed by atoms with van der Waals surface area (Å²) < 4.78 is 16.1. The van der Waals surface area contributed by atoms with Crippen molar-refractivity contribution >= 4 is 0 Å². The smallest absolute Gasteiger partial charge is 0.203 e. The van der Waals surface area contributed by atoms with Crippen LogP contribution in [0.25, 0.3) is 0 Å². The van der Waals surface area contributed by atoms with Gasteiger partial charge in [-0.1, -0.05) is 30.3 Å². The van der Waals surface area contributed by atoms with Gasteiger partial charge in [0.2, 0.25) is 5.75 Å². The molecule has 2 rings (SSSR count). The van der Waals surface area contributed by atoms with E-state index < -0.39 is 0 Å². The molecule has 0 aromatic heterocycles. The predicted octanol–water partition coefficient (Wildman–Crippen LogP) is 2.59. The van der Waals surface area contributed by atoms with Crippen LogP contribution in [0.4, 0.5) is 0 Å². The Bertz CT molecular complexity index is 592. The maximum atomic E-state index is 5.37. The van der Waals surface area contributed by atoms with Gasteiger partial charge in [0.05, 0.1) is 21.3 Å². The Morgan fingerprint density at radius 1 is 0.708 bits per heavy atom. The lowest BCUT2D eigenvalue weighted by Crippen LogP contribution is -2.26. The summed E-state index contributed by atoms with van der Waals surface area (Å²) in [6.07, 6.45) is 0. The lowest BCUT2D eigenvalue weighted by molar-refractivity contribution is 0.323. The van der Waals surface area contributed by atoms with E-state index >= 15 is 0 Å². The van der Waals surface area contributed by atoms with Crippen molar-refractivity contribution < 1.29 is 14.2 Å². The van der Waals surface area contributed by atoms with Crippen LogP contribution in [-0.2, 0) is 13.1 Å². The molecule has 0 aliphatic heterocycles. The molecule has 2 aromatic carbocycles. The Hall–Kier alpha value is -2.24. The average Bonchev–Trinajstić information content (AvgIpc) is 2.64. The van der Waals surface area contributed by atoms with Gasteiger partial charge in [-0.15, -0.1) is 0 Å². The van der Waals surface area contributed by atoms with E-state index in [9.17, 15) is 0 Å². The highest BCUT2D eigenvalue weighted by atomic mass is 16.5. The Morgan fingerprint density at radius 2 is 1.25 bits per heavy atom. The summed E-state index contributed by atoms with van der Waals surface area (Å²) in [5.41, 5.74) is 2.38. The zero-order chi connectivity index (χ0) is 17.2. The van der Waals surface area contributed by atoms with Crippen molar-refractivity contribution in [2.24, 2.45) is 0 Å². The Balaban J connectivity index is 1.77. The zero-order valence-electron chi connectivity index (χ0n) is 14.6. The maximum Gasteiger partial charge on any atom is 0.203 e. The van der Waals surface area contributed by atoms with Gasteiger partial charge < -0.3 is 24.8 Å². The molecule has 0 heterocycles. The summed E-state index contributed by atoms with van der Waals surface area (Å²) in [7, 11) is 4.86. The van der Waals surface area contributed by atoms with E-state index in [0.717, 1.165) is 31.7 Å². The molecule has 5 nitrogen and oxygen atoms in total. The van der Waals surface area contributed by atoms with E-state index in [2.05, 4.69) is 34.9 Å². The third kappa shape index (κ3) is 5.15. The van der Waals surface area contributed by atoms with Gasteiger partial charge >= 0.3 is 0 Å². The summed E-state index contributed by atoms with van der Waals surface area (Å²) in [6.45, 7) is 3.40. The highest BCUT2D eigenvalue weighted by Crippen LogP contribution is 2.38. The summed E-state index contributed by atoms with van der Waals surface area (Å²) >= 11 is 0. The second kappa shape index (κ2) is 9.80. The van der Waals surface area contributed by atoms with Crippen LogP contribution in [0.2, 0.25) is 0 Å². The fraction of sp³-hybridized carbons (Fsp3) is 0.368. The van der Waals surface area contributed by atoms with Crippen molar-refractivity contribution in [3.63, 3.8) is 0 Å². The van der Waals surface area contributed by atoms with Gasteiger partial charge in [-0.25, -0.2) is 0 Å². The molecule has 0 bridgehead atoms. The van der Waals surface area contributed by atoms with E-state index in [-0.39, 0.29) is 0 Å². The summed E-state index contributed by atoms with van der Waals surface area (Å²) in [4.78, 5) is 0. The Labute approximate surface area is 143 Å². The molecule has 2 aromatic rings. The van der Waals surface area contributed by atoms with Crippen LogP contribution in [0.1, 0.15) is 11.1 Å². The molecular formula is C19H26N2O3. The van der Waals surface area contributed by atoms with Crippen molar-refractivity contribution in [3.8, 4) is 17.2 Å². The Kier molecular flexibility index (Phi) is 7.39. The molecule has 0 amide bonds. The second-order valence-corrected chi connectivity index (χ2v) is 5.37. The molecule has 0 aliphatic carbocycles. The minimum absolute atomic E-state index is 0.619. The van der Waals surface area contributed by atoms with Crippen LogP contribution in [0.15, 0.2) is 42.5 Å². The molecule has 0 spiro atoms. The molecule has 0 fully saturated rings. The normalized spacial score (nSPS) is 10.5. The van der Waals surface area contributed by atoms with Gasteiger partial charge in [-0.2, -0.15) is 0 Å². The summed E-state index contributed by atoms with van der Waals surface area (Å²) in [5.74, 6) is 1.97. The van der Waals surface area contributed by atoms with Crippen molar-refractivity contribution in [1.82, 2.24) is 10.6 Å². The van der Waals surface area contributed by atoms with E-state index in [1.54, 1.807) is 21.3 Å². The largest absolute Gasteiger partial charge is 0.493 e. The molecule has 2 N–H and O–H groups in total. The van der Waals surface area contributed by atoms with Gasteiger partial charge in [0.1, 0.15) is 0 Å². The predicted molar refractivity (Wildman–Crippen MR) is 96.0 cm³/mol. The van der Waals surface area contributed by atoms with Gasteiger partial charge in [0.15, 0.2) is 11.5 Å².